The van der Waals surface area contributed by atoms with Crippen LogP contribution in [0.4, 0.5) is 0 Å². The molecule has 0 aliphatic carbocycles. The van der Waals surface area contributed by atoms with E-state index in [0.29, 0.717) is 12.1 Å². The van der Waals surface area contributed by atoms with E-state index in [2.05, 4.69) is 36.1 Å². The third-order valence-corrected chi connectivity index (χ3v) is 6.05. The van der Waals surface area contributed by atoms with Crippen molar-refractivity contribution in [3.63, 3.8) is 0 Å². The van der Waals surface area contributed by atoms with Crippen LogP contribution in [0.3, 0.4) is 0 Å². The van der Waals surface area contributed by atoms with Crippen LogP contribution in [0.5, 0.6) is 23.0 Å². The highest BCUT2D eigenvalue weighted by atomic mass is 35.5. The number of halogens is 1. The molecular weight excluding hydrogens is 378 g/mol. The zero-order valence-electron chi connectivity index (χ0n) is 17.1. The number of fused-ring (bicyclic) bond motifs is 4. The number of rotatable bonds is 4. The molecule has 2 atom stereocenters. The van der Waals surface area contributed by atoms with Crippen LogP contribution in [0.1, 0.15) is 41.3 Å². The number of hydrogen-bond acceptors (Lipinski definition) is 5. The molecule has 0 N–H and O–H groups in total. The highest BCUT2D eigenvalue weighted by Crippen LogP contribution is 2.48. The zero-order valence-corrected chi connectivity index (χ0v) is 17.9. The fraction of sp³-hybridized carbons (Fsp3) is 0.455. The van der Waals surface area contributed by atoms with Crippen LogP contribution in [-0.2, 0) is 12.8 Å². The van der Waals surface area contributed by atoms with Crippen LogP contribution in [0.2, 0.25) is 0 Å². The average Bonchev–Trinajstić information content (AvgIpc) is 2.71. The summed E-state index contributed by atoms with van der Waals surface area (Å²) in [7, 11) is 6.77. The van der Waals surface area contributed by atoms with Gasteiger partial charge >= 0.3 is 0 Å². The highest BCUT2D eigenvalue weighted by molar-refractivity contribution is 5.85. The third kappa shape index (κ3) is 3.16. The molecule has 0 aromatic heterocycles. The van der Waals surface area contributed by atoms with Crippen molar-refractivity contribution in [2.24, 2.45) is 0 Å². The molecule has 5 nitrogen and oxygen atoms in total. The van der Waals surface area contributed by atoms with Crippen molar-refractivity contribution >= 4 is 12.4 Å². The molecule has 2 aliphatic heterocycles. The average molecular weight is 406 g/mol. The molecule has 4 rings (SSSR count). The Kier molecular flexibility index (Phi) is 5.96. The van der Waals surface area contributed by atoms with E-state index >= 15 is 0 Å². The molecule has 2 aromatic carbocycles. The smallest absolute Gasteiger partial charge is 0.161 e. The summed E-state index contributed by atoms with van der Waals surface area (Å²) >= 11 is 0. The van der Waals surface area contributed by atoms with Crippen LogP contribution in [-0.4, -0.2) is 39.9 Å². The second-order valence-electron chi connectivity index (χ2n) is 7.20. The Morgan fingerprint density at radius 2 is 1.25 bits per heavy atom. The van der Waals surface area contributed by atoms with Gasteiger partial charge in [0.1, 0.15) is 0 Å². The Labute approximate surface area is 172 Å². The van der Waals surface area contributed by atoms with Gasteiger partial charge in [0, 0.05) is 18.6 Å². The summed E-state index contributed by atoms with van der Waals surface area (Å²) in [6.45, 7) is 3.31. The maximum Gasteiger partial charge on any atom is 0.161 e. The predicted molar refractivity (Wildman–Crippen MR) is 112 cm³/mol. The van der Waals surface area contributed by atoms with Crippen molar-refractivity contribution in [1.29, 1.82) is 0 Å². The Balaban J connectivity index is 0.00000225. The molecule has 0 saturated carbocycles. The number of ether oxygens (including phenoxy) is 4. The molecule has 28 heavy (non-hydrogen) atoms. The van der Waals surface area contributed by atoms with Crippen LogP contribution < -0.4 is 18.9 Å². The quantitative estimate of drug-likeness (QED) is 0.755. The van der Waals surface area contributed by atoms with Crippen LogP contribution in [0, 0.1) is 0 Å². The Morgan fingerprint density at radius 1 is 0.750 bits per heavy atom. The van der Waals surface area contributed by atoms with Gasteiger partial charge in [0.15, 0.2) is 23.0 Å². The molecule has 2 heterocycles. The number of hydrogen-bond donors (Lipinski definition) is 0. The lowest BCUT2D eigenvalue weighted by atomic mass is 9.81. The maximum absolute atomic E-state index is 5.57. The van der Waals surface area contributed by atoms with Gasteiger partial charge in [0.2, 0.25) is 0 Å². The summed E-state index contributed by atoms with van der Waals surface area (Å²) in [6.07, 6.45) is 1.96. The first kappa shape index (κ1) is 20.6. The maximum atomic E-state index is 5.57. The summed E-state index contributed by atoms with van der Waals surface area (Å²) in [5.74, 6) is 3.19. The number of nitrogens with zero attached hydrogens (tertiary/aromatic N) is 1. The normalized spacial score (nSPS) is 20.2. The van der Waals surface area contributed by atoms with Crippen molar-refractivity contribution in [2.45, 2.75) is 31.8 Å². The lowest BCUT2D eigenvalue weighted by molar-refractivity contribution is 0.117. The van der Waals surface area contributed by atoms with Gasteiger partial charge in [-0.1, -0.05) is 0 Å². The monoisotopic (exact) mass is 405 g/mol. The van der Waals surface area contributed by atoms with E-state index in [1.807, 2.05) is 0 Å². The molecule has 6 heteroatoms. The molecular formula is C22H28ClNO4. The largest absolute Gasteiger partial charge is 0.493 e. The lowest BCUT2D eigenvalue weighted by Gasteiger charge is -2.45. The van der Waals surface area contributed by atoms with Gasteiger partial charge < -0.3 is 18.9 Å². The summed E-state index contributed by atoms with van der Waals surface area (Å²) in [5, 5.41) is 0. The van der Waals surface area contributed by atoms with Gasteiger partial charge in [0.25, 0.3) is 0 Å². The van der Waals surface area contributed by atoms with E-state index in [1.54, 1.807) is 28.4 Å². The Bertz CT molecular complexity index is 870. The predicted octanol–water partition coefficient (Wildman–Crippen LogP) is 4.36. The fourth-order valence-corrected chi connectivity index (χ4v) is 4.63. The fourth-order valence-electron chi connectivity index (χ4n) is 4.63. The number of methoxy groups -OCH3 is 4. The zero-order chi connectivity index (χ0) is 19.1. The van der Waals surface area contributed by atoms with E-state index in [0.717, 1.165) is 42.4 Å². The van der Waals surface area contributed by atoms with Crippen LogP contribution >= 0.6 is 12.4 Å². The van der Waals surface area contributed by atoms with Crippen molar-refractivity contribution in [2.75, 3.05) is 35.0 Å². The molecule has 0 spiro atoms. The third-order valence-electron chi connectivity index (χ3n) is 6.05. The van der Waals surface area contributed by atoms with E-state index in [-0.39, 0.29) is 12.4 Å². The van der Waals surface area contributed by atoms with Crippen molar-refractivity contribution in [3.8, 4) is 23.0 Å². The summed E-state index contributed by atoms with van der Waals surface area (Å²) < 4.78 is 22.1. The molecule has 2 aliphatic rings. The first-order valence-electron chi connectivity index (χ1n) is 9.36. The molecule has 152 valence electrons. The van der Waals surface area contributed by atoms with Gasteiger partial charge in [-0.2, -0.15) is 0 Å². The topological polar surface area (TPSA) is 40.2 Å². The first-order chi connectivity index (χ1) is 13.1. The highest BCUT2D eigenvalue weighted by Gasteiger charge is 2.37. The van der Waals surface area contributed by atoms with Crippen molar-refractivity contribution in [3.05, 3.63) is 46.5 Å². The summed E-state index contributed by atoms with van der Waals surface area (Å²) in [5.41, 5.74) is 5.34. The van der Waals surface area contributed by atoms with Crippen molar-refractivity contribution < 1.29 is 18.9 Å². The van der Waals surface area contributed by atoms with Crippen LogP contribution in [0.15, 0.2) is 24.3 Å². The molecule has 0 bridgehead atoms. The summed E-state index contributed by atoms with van der Waals surface area (Å²) in [4.78, 5) is 2.59. The van der Waals surface area contributed by atoms with Gasteiger partial charge in [-0.05, 0) is 66.3 Å². The van der Waals surface area contributed by atoms with Gasteiger partial charge in [0.05, 0.1) is 28.4 Å². The van der Waals surface area contributed by atoms with E-state index < -0.39 is 0 Å². The summed E-state index contributed by atoms with van der Waals surface area (Å²) in [6, 6.07) is 9.22. The van der Waals surface area contributed by atoms with E-state index in [9.17, 15) is 0 Å². The minimum absolute atomic E-state index is 0. The first-order valence-corrected chi connectivity index (χ1v) is 9.36. The lowest BCUT2D eigenvalue weighted by Crippen LogP contribution is -2.41. The van der Waals surface area contributed by atoms with Gasteiger partial charge in [-0.3, -0.25) is 4.90 Å². The van der Waals surface area contributed by atoms with E-state index in [1.165, 1.54) is 22.3 Å². The van der Waals surface area contributed by atoms with Gasteiger partial charge in [-0.15, -0.1) is 12.4 Å². The number of benzene rings is 2. The second kappa shape index (κ2) is 8.10. The minimum atomic E-state index is 0. The van der Waals surface area contributed by atoms with Crippen LogP contribution in [0.25, 0.3) is 0 Å². The minimum Gasteiger partial charge on any atom is -0.493 e. The SMILES string of the molecule is COc1cc2c(cc1OC)C(C)N1CCc3cc(OC)c(OC)cc3C1C2.Cl. The Hall–Kier alpha value is -2.11. The van der Waals surface area contributed by atoms with Gasteiger partial charge in [-0.25, -0.2) is 0 Å². The van der Waals surface area contributed by atoms with E-state index in [4.69, 9.17) is 18.9 Å². The molecule has 0 saturated heterocycles. The van der Waals surface area contributed by atoms with Crippen molar-refractivity contribution in [1.82, 2.24) is 4.90 Å². The molecule has 0 amide bonds. The molecule has 2 aromatic rings. The molecule has 0 fully saturated rings. The Morgan fingerprint density at radius 3 is 1.82 bits per heavy atom. The molecule has 0 radical (unpaired) electrons. The second-order valence-corrected chi connectivity index (χ2v) is 7.20. The molecule has 2 unspecified atom stereocenters. The standard InChI is InChI=1S/C22H27NO4.ClH/c1-13-16-11-21(26-4)20(25-3)10-15(16)8-18-17-12-22(27-5)19(24-2)9-14(17)6-7-23(13)18;/h9-13,18H,6-8H2,1-5H3;1H.